The van der Waals surface area contributed by atoms with Crippen LogP contribution in [0.25, 0.3) is 11.0 Å². The molecule has 2 aromatic carbocycles. The monoisotopic (exact) mass is 565 g/mol. The van der Waals surface area contributed by atoms with Crippen LogP contribution in [0.5, 0.6) is 5.88 Å². The molecular formula is C30H29Cl2N3O4. The number of fused-ring (bicyclic) bond motifs is 2. The molecule has 0 radical (unpaired) electrons. The van der Waals surface area contributed by atoms with Gasteiger partial charge in [-0.3, -0.25) is 4.79 Å². The Balaban J connectivity index is 1.31. The zero-order valence-corrected chi connectivity index (χ0v) is 23.1. The highest BCUT2D eigenvalue weighted by atomic mass is 35.5. The van der Waals surface area contributed by atoms with Crippen molar-refractivity contribution in [3.05, 3.63) is 86.7 Å². The fourth-order valence-corrected chi connectivity index (χ4v) is 5.94. The Morgan fingerprint density at radius 3 is 2.74 bits per heavy atom. The number of furan rings is 1. The Hall–Kier alpha value is -3.26. The van der Waals surface area contributed by atoms with Crippen LogP contribution in [-0.2, 0) is 24.3 Å². The summed E-state index contributed by atoms with van der Waals surface area (Å²) < 4.78 is 17.6. The number of carbonyl (C=O) groups is 1. The van der Waals surface area contributed by atoms with Crippen molar-refractivity contribution in [2.75, 3.05) is 25.1 Å². The number of hydrogen-bond donors (Lipinski definition) is 1. The zero-order valence-electron chi connectivity index (χ0n) is 21.6. The molecule has 6 rings (SSSR count). The molecule has 1 fully saturated rings. The topological polar surface area (TPSA) is 76.8 Å². The van der Waals surface area contributed by atoms with E-state index in [0.29, 0.717) is 65.5 Å². The second-order valence-electron chi connectivity index (χ2n) is 10.00. The lowest BCUT2D eigenvalue weighted by Crippen LogP contribution is -2.38. The summed E-state index contributed by atoms with van der Waals surface area (Å²) in [6.07, 6.45) is 3.98. The lowest BCUT2D eigenvalue weighted by molar-refractivity contribution is 0.0725. The van der Waals surface area contributed by atoms with E-state index in [1.165, 1.54) is 0 Å². The van der Waals surface area contributed by atoms with Crippen LogP contribution in [0.3, 0.4) is 0 Å². The first-order chi connectivity index (χ1) is 19.0. The van der Waals surface area contributed by atoms with Gasteiger partial charge in [0, 0.05) is 36.2 Å². The predicted molar refractivity (Wildman–Crippen MR) is 152 cm³/mol. The fourth-order valence-electron chi connectivity index (χ4n) is 5.34. The third kappa shape index (κ3) is 5.19. The number of anilines is 1. The number of benzene rings is 2. The average molecular weight is 566 g/mol. The highest BCUT2D eigenvalue weighted by Gasteiger charge is 2.32. The van der Waals surface area contributed by atoms with Crippen LogP contribution in [0.1, 0.15) is 45.6 Å². The van der Waals surface area contributed by atoms with Gasteiger partial charge < -0.3 is 24.1 Å². The standard InChI is InChI=1S/C30H29Cl2N3O4/c1-18-21-10-14-38-28(21)23(29(33-18)39-17-19-5-3-2-4-6-19)16-35-11-7-22-24(31)15-25(27(32)26(22)30(35)36)34-20-8-12-37-13-9-20/h2-6,10,14-15,20,34H,7-9,11-13,16-17H2,1H3. The normalized spacial score (nSPS) is 16.0. The molecule has 202 valence electrons. The lowest BCUT2D eigenvalue weighted by Gasteiger charge is -2.32. The molecule has 0 unspecified atom stereocenters. The Bertz CT molecular complexity index is 1520. The highest BCUT2D eigenvalue weighted by molar-refractivity contribution is 6.39. The Labute approximate surface area is 237 Å². The average Bonchev–Trinajstić information content (AvgIpc) is 3.45. The summed E-state index contributed by atoms with van der Waals surface area (Å²) in [5, 5.41) is 5.33. The van der Waals surface area contributed by atoms with E-state index < -0.39 is 0 Å². The van der Waals surface area contributed by atoms with Gasteiger partial charge in [-0.05, 0) is 49.4 Å². The van der Waals surface area contributed by atoms with Gasteiger partial charge in [-0.15, -0.1) is 0 Å². The number of halogens is 2. The van der Waals surface area contributed by atoms with Crippen molar-refractivity contribution in [2.45, 2.75) is 45.4 Å². The molecule has 2 aliphatic rings. The first kappa shape index (κ1) is 26.0. The van der Waals surface area contributed by atoms with E-state index in [0.717, 1.165) is 40.6 Å². The number of aromatic nitrogens is 1. The number of nitrogens with zero attached hydrogens (tertiary/aromatic N) is 2. The highest BCUT2D eigenvalue weighted by Crippen LogP contribution is 2.39. The summed E-state index contributed by atoms with van der Waals surface area (Å²) in [7, 11) is 0. The van der Waals surface area contributed by atoms with Gasteiger partial charge in [0.1, 0.15) is 12.2 Å². The van der Waals surface area contributed by atoms with Gasteiger partial charge in [0.05, 0.1) is 40.3 Å². The molecule has 1 N–H and O–H groups in total. The number of ether oxygens (including phenoxy) is 2. The predicted octanol–water partition coefficient (Wildman–Crippen LogP) is 6.81. The first-order valence-corrected chi connectivity index (χ1v) is 13.9. The van der Waals surface area contributed by atoms with Crippen LogP contribution >= 0.6 is 23.2 Å². The molecule has 1 saturated heterocycles. The molecule has 1 amide bonds. The fraction of sp³-hybridized carbons (Fsp3) is 0.333. The minimum absolute atomic E-state index is 0.173. The van der Waals surface area contributed by atoms with Gasteiger partial charge in [-0.1, -0.05) is 53.5 Å². The molecule has 0 aliphatic carbocycles. The second kappa shape index (κ2) is 11.1. The van der Waals surface area contributed by atoms with Crippen LogP contribution in [0.4, 0.5) is 5.69 Å². The molecule has 2 aromatic heterocycles. The summed E-state index contributed by atoms with van der Waals surface area (Å²) in [4.78, 5) is 20.4. The van der Waals surface area contributed by atoms with Crippen molar-refractivity contribution >= 4 is 45.8 Å². The van der Waals surface area contributed by atoms with E-state index in [-0.39, 0.29) is 18.5 Å². The number of pyridine rings is 1. The van der Waals surface area contributed by atoms with Gasteiger partial charge in [0.2, 0.25) is 5.88 Å². The smallest absolute Gasteiger partial charge is 0.256 e. The van der Waals surface area contributed by atoms with Gasteiger partial charge in [0.25, 0.3) is 5.91 Å². The minimum Gasteiger partial charge on any atom is -0.472 e. The maximum Gasteiger partial charge on any atom is 0.256 e. The Morgan fingerprint density at radius 1 is 1.15 bits per heavy atom. The summed E-state index contributed by atoms with van der Waals surface area (Å²) in [6, 6.07) is 13.9. The Kier molecular flexibility index (Phi) is 7.38. The maximum absolute atomic E-state index is 13.9. The first-order valence-electron chi connectivity index (χ1n) is 13.2. The number of amides is 1. The van der Waals surface area contributed by atoms with E-state index in [4.69, 9.17) is 42.1 Å². The number of carbonyl (C=O) groups excluding carboxylic acids is 1. The molecule has 0 saturated carbocycles. The number of nitrogens with one attached hydrogen (secondary N) is 1. The molecule has 7 nitrogen and oxygen atoms in total. The van der Waals surface area contributed by atoms with Crippen LogP contribution in [-0.4, -0.2) is 41.6 Å². The molecule has 4 heterocycles. The molecule has 0 spiro atoms. The van der Waals surface area contributed by atoms with Crippen molar-refractivity contribution in [1.29, 1.82) is 0 Å². The van der Waals surface area contributed by atoms with E-state index in [9.17, 15) is 4.79 Å². The van der Waals surface area contributed by atoms with Crippen molar-refractivity contribution in [2.24, 2.45) is 0 Å². The van der Waals surface area contributed by atoms with Crippen LogP contribution in [0.2, 0.25) is 10.0 Å². The third-order valence-corrected chi connectivity index (χ3v) is 8.18. The van der Waals surface area contributed by atoms with Gasteiger partial charge in [-0.25, -0.2) is 4.98 Å². The molecule has 4 aromatic rings. The number of aryl methyl sites for hydroxylation is 1. The van der Waals surface area contributed by atoms with Gasteiger partial charge >= 0.3 is 0 Å². The van der Waals surface area contributed by atoms with Crippen LogP contribution in [0.15, 0.2) is 53.1 Å². The maximum atomic E-state index is 13.9. The minimum atomic E-state index is -0.173. The summed E-state index contributed by atoms with van der Waals surface area (Å²) in [6.45, 7) is 4.43. The molecule has 39 heavy (non-hydrogen) atoms. The van der Waals surface area contributed by atoms with Crippen molar-refractivity contribution in [3.63, 3.8) is 0 Å². The van der Waals surface area contributed by atoms with E-state index >= 15 is 0 Å². The van der Waals surface area contributed by atoms with Crippen molar-refractivity contribution < 1.29 is 18.7 Å². The third-order valence-electron chi connectivity index (χ3n) is 7.45. The summed E-state index contributed by atoms with van der Waals surface area (Å²) >= 11 is 13.5. The van der Waals surface area contributed by atoms with Crippen LogP contribution in [0, 0.1) is 6.92 Å². The summed E-state index contributed by atoms with van der Waals surface area (Å²) in [5.41, 5.74) is 5.14. The molecule has 9 heteroatoms. The number of rotatable bonds is 7. The van der Waals surface area contributed by atoms with E-state index in [1.807, 2.05) is 49.4 Å². The molecule has 2 aliphatic heterocycles. The second-order valence-corrected chi connectivity index (χ2v) is 10.8. The lowest BCUT2D eigenvalue weighted by atomic mass is 9.96. The SMILES string of the molecule is Cc1nc(OCc2ccccc2)c(CN2CCc3c(Cl)cc(NC4CCOCC4)c(Cl)c3C2=O)c2occc12. The van der Waals surface area contributed by atoms with Crippen LogP contribution < -0.4 is 10.1 Å². The van der Waals surface area contributed by atoms with E-state index in [2.05, 4.69) is 5.32 Å². The molecule has 0 bridgehead atoms. The molecule has 0 atom stereocenters. The zero-order chi connectivity index (χ0) is 26.9. The van der Waals surface area contributed by atoms with E-state index in [1.54, 1.807) is 11.2 Å². The largest absolute Gasteiger partial charge is 0.472 e. The van der Waals surface area contributed by atoms with Gasteiger partial charge in [0.15, 0.2) is 0 Å². The summed E-state index contributed by atoms with van der Waals surface area (Å²) in [5.74, 6) is 0.282. The van der Waals surface area contributed by atoms with Crippen molar-refractivity contribution in [1.82, 2.24) is 9.88 Å². The molecular weight excluding hydrogens is 537 g/mol. The van der Waals surface area contributed by atoms with Gasteiger partial charge in [-0.2, -0.15) is 0 Å². The van der Waals surface area contributed by atoms with Crippen molar-refractivity contribution in [3.8, 4) is 5.88 Å². The number of hydrogen-bond acceptors (Lipinski definition) is 6. The quantitative estimate of drug-likeness (QED) is 0.265. The Morgan fingerprint density at radius 2 is 1.95 bits per heavy atom.